The van der Waals surface area contributed by atoms with Crippen molar-refractivity contribution in [1.82, 2.24) is 14.7 Å². The van der Waals surface area contributed by atoms with Crippen molar-refractivity contribution >= 4 is 34.4 Å². The summed E-state index contributed by atoms with van der Waals surface area (Å²) in [6.45, 7) is 6.08. The average molecular weight is 426 g/mol. The molecule has 0 saturated carbocycles. The van der Waals surface area contributed by atoms with Gasteiger partial charge in [0.1, 0.15) is 11.5 Å². The maximum Gasteiger partial charge on any atom is 0.209 e. The van der Waals surface area contributed by atoms with E-state index in [4.69, 9.17) is 22.2 Å². The summed E-state index contributed by atoms with van der Waals surface area (Å²) in [4.78, 5) is 2.16. The molecule has 2 aromatic carbocycles. The molecule has 6 nitrogen and oxygen atoms in total. The molecule has 29 heavy (non-hydrogen) atoms. The number of aromatic nitrogens is 2. The number of nitriles is 1. The summed E-state index contributed by atoms with van der Waals surface area (Å²) in [6, 6.07) is 19.7. The second-order valence-corrected chi connectivity index (χ2v) is 8.20. The molecule has 1 N–H and O–H groups in total. The molecule has 0 aliphatic carbocycles. The number of hydrogen-bond donors (Lipinski definition) is 1. The Labute approximate surface area is 180 Å². The Morgan fingerprint density at radius 3 is 2.55 bits per heavy atom. The van der Waals surface area contributed by atoms with Gasteiger partial charge in [-0.2, -0.15) is 5.26 Å². The molecule has 0 aliphatic heterocycles. The largest absolute Gasteiger partial charge is 0.457 e. The molecule has 0 fully saturated rings. The van der Waals surface area contributed by atoms with Gasteiger partial charge in [-0.3, -0.25) is 4.90 Å². The highest BCUT2D eigenvalue weighted by Crippen LogP contribution is 2.25. The second-order valence-electron chi connectivity index (χ2n) is 6.58. The zero-order chi connectivity index (χ0) is 20.6. The first-order valence-electron chi connectivity index (χ1n) is 9.37. The van der Waals surface area contributed by atoms with E-state index in [0.29, 0.717) is 17.2 Å². The third kappa shape index (κ3) is 6.12. The van der Waals surface area contributed by atoms with Crippen LogP contribution in [0.15, 0.2) is 54.6 Å². The van der Waals surface area contributed by atoms with E-state index in [-0.39, 0.29) is 5.92 Å². The number of ether oxygens (including phenoxy) is 1. The Kier molecular flexibility index (Phi) is 7.36. The fourth-order valence-electron chi connectivity index (χ4n) is 2.70. The monoisotopic (exact) mass is 425 g/mol. The summed E-state index contributed by atoms with van der Waals surface area (Å²) in [6.07, 6.45) is 0. The minimum Gasteiger partial charge on any atom is -0.457 e. The second kappa shape index (κ2) is 10.2. The van der Waals surface area contributed by atoms with Crippen LogP contribution in [0.1, 0.15) is 13.8 Å². The van der Waals surface area contributed by atoms with E-state index in [2.05, 4.69) is 28.3 Å². The van der Waals surface area contributed by atoms with Crippen molar-refractivity contribution in [2.45, 2.75) is 20.5 Å². The van der Waals surface area contributed by atoms with Crippen molar-refractivity contribution in [2.24, 2.45) is 5.92 Å². The van der Waals surface area contributed by atoms with Crippen LogP contribution in [-0.4, -0.2) is 27.8 Å². The van der Waals surface area contributed by atoms with Gasteiger partial charge in [0.15, 0.2) is 3.95 Å². The Bertz CT molecular complexity index is 1010. The van der Waals surface area contributed by atoms with Crippen molar-refractivity contribution in [3.63, 3.8) is 0 Å². The topological polar surface area (TPSA) is 66.1 Å². The minimum atomic E-state index is -0.0306. The summed E-state index contributed by atoms with van der Waals surface area (Å²) in [5, 5.41) is 17.6. The molecule has 3 aromatic rings. The third-order valence-electron chi connectivity index (χ3n) is 4.22. The SMILES string of the molecule is CCN(CC(C)C#N)Cn1nc(Nc2ccc(Oc3ccccc3)cc2)sc1=S. The zero-order valence-corrected chi connectivity index (χ0v) is 18.0. The fourth-order valence-corrected chi connectivity index (χ4v) is 3.72. The van der Waals surface area contributed by atoms with Crippen molar-refractivity contribution in [3.05, 3.63) is 58.6 Å². The average Bonchev–Trinajstić information content (AvgIpc) is 3.08. The zero-order valence-electron chi connectivity index (χ0n) is 16.4. The van der Waals surface area contributed by atoms with E-state index < -0.39 is 0 Å². The van der Waals surface area contributed by atoms with Crippen LogP contribution in [0, 0.1) is 21.2 Å². The smallest absolute Gasteiger partial charge is 0.209 e. The normalized spacial score (nSPS) is 11.8. The highest BCUT2D eigenvalue weighted by Gasteiger charge is 2.11. The molecule has 0 radical (unpaired) electrons. The van der Waals surface area contributed by atoms with Crippen molar-refractivity contribution < 1.29 is 4.74 Å². The van der Waals surface area contributed by atoms with Crippen molar-refractivity contribution in [2.75, 3.05) is 18.4 Å². The number of nitrogens with one attached hydrogen (secondary N) is 1. The van der Waals surface area contributed by atoms with Crippen LogP contribution in [0.5, 0.6) is 11.5 Å². The predicted octanol–water partition coefficient (Wildman–Crippen LogP) is 5.65. The quantitative estimate of drug-likeness (QED) is 0.447. The summed E-state index contributed by atoms with van der Waals surface area (Å²) >= 11 is 6.88. The van der Waals surface area contributed by atoms with E-state index >= 15 is 0 Å². The summed E-state index contributed by atoms with van der Waals surface area (Å²) in [5.74, 6) is 1.54. The van der Waals surface area contributed by atoms with Crippen LogP contribution >= 0.6 is 23.6 Å². The van der Waals surface area contributed by atoms with Crippen LogP contribution in [0.2, 0.25) is 0 Å². The minimum absolute atomic E-state index is 0.0306. The fraction of sp³-hybridized carbons (Fsp3) is 0.286. The Morgan fingerprint density at radius 2 is 1.90 bits per heavy atom. The van der Waals surface area contributed by atoms with Gasteiger partial charge < -0.3 is 10.1 Å². The number of hydrogen-bond acceptors (Lipinski definition) is 7. The summed E-state index contributed by atoms with van der Waals surface area (Å²) < 4.78 is 8.30. The van der Waals surface area contributed by atoms with Gasteiger partial charge in [0, 0.05) is 12.2 Å². The molecule has 0 amide bonds. The lowest BCUT2D eigenvalue weighted by atomic mass is 10.2. The molecule has 150 valence electrons. The highest BCUT2D eigenvalue weighted by atomic mass is 32.1. The van der Waals surface area contributed by atoms with E-state index in [1.807, 2.05) is 61.5 Å². The van der Waals surface area contributed by atoms with Gasteiger partial charge in [0.05, 0.1) is 18.7 Å². The first-order valence-corrected chi connectivity index (χ1v) is 10.6. The molecule has 3 rings (SSSR count). The molecule has 1 aromatic heterocycles. The lowest BCUT2D eigenvalue weighted by molar-refractivity contribution is 0.203. The standard InChI is InChI=1S/C21H23N5OS2/c1-3-25(14-16(2)13-22)15-26-21(28)29-20(24-26)23-17-9-11-19(12-10-17)27-18-7-5-4-6-8-18/h4-12,16H,3,14-15H2,1-2H3,(H,23,24). The van der Waals surface area contributed by atoms with Crippen LogP contribution in [0.25, 0.3) is 0 Å². The van der Waals surface area contributed by atoms with Gasteiger partial charge >= 0.3 is 0 Å². The lowest BCUT2D eigenvalue weighted by Gasteiger charge is -2.20. The number of benzene rings is 2. The number of nitrogens with zero attached hydrogens (tertiary/aromatic N) is 4. The molecular formula is C21H23N5OS2. The van der Waals surface area contributed by atoms with E-state index in [1.54, 1.807) is 4.68 Å². The van der Waals surface area contributed by atoms with Crippen LogP contribution in [0.4, 0.5) is 10.8 Å². The van der Waals surface area contributed by atoms with Gasteiger partial charge in [0.25, 0.3) is 0 Å². The molecule has 1 unspecified atom stereocenters. The van der Waals surface area contributed by atoms with E-state index in [0.717, 1.165) is 28.9 Å². The van der Waals surface area contributed by atoms with Crippen molar-refractivity contribution in [3.8, 4) is 17.6 Å². The van der Waals surface area contributed by atoms with Crippen LogP contribution in [0.3, 0.4) is 0 Å². The van der Waals surface area contributed by atoms with E-state index in [9.17, 15) is 0 Å². The van der Waals surface area contributed by atoms with Gasteiger partial charge in [-0.1, -0.05) is 36.5 Å². The molecular weight excluding hydrogens is 402 g/mol. The first kappa shape index (κ1) is 21.0. The van der Waals surface area contributed by atoms with Gasteiger partial charge in [-0.05, 0) is 62.1 Å². The molecule has 0 saturated heterocycles. The molecule has 1 atom stereocenters. The molecule has 0 bridgehead atoms. The highest BCUT2D eigenvalue weighted by molar-refractivity contribution is 7.73. The summed E-state index contributed by atoms with van der Waals surface area (Å²) in [7, 11) is 0. The third-order valence-corrected chi connectivity index (χ3v) is 5.45. The molecule has 0 aliphatic rings. The van der Waals surface area contributed by atoms with Gasteiger partial charge in [-0.25, -0.2) is 4.68 Å². The van der Waals surface area contributed by atoms with Gasteiger partial charge in [0.2, 0.25) is 5.13 Å². The van der Waals surface area contributed by atoms with Crippen LogP contribution in [-0.2, 0) is 6.67 Å². The maximum atomic E-state index is 9.03. The van der Waals surface area contributed by atoms with Crippen molar-refractivity contribution in [1.29, 1.82) is 5.26 Å². The lowest BCUT2D eigenvalue weighted by Crippen LogP contribution is -2.30. The first-order chi connectivity index (χ1) is 14.1. The Hall–Kier alpha value is -2.73. The molecule has 1 heterocycles. The number of para-hydroxylation sites is 1. The molecule has 0 spiro atoms. The summed E-state index contributed by atoms with van der Waals surface area (Å²) in [5.41, 5.74) is 0.909. The van der Waals surface area contributed by atoms with E-state index in [1.165, 1.54) is 11.3 Å². The Balaban J connectivity index is 1.63. The number of rotatable bonds is 9. The van der Waals surface area contributed by atoms with Gasteiger partial charge in [-0.15, -0.1) is 5.10 Å². The number of anilines is 2. The molecule has 8 heteroatoms. The Morgan fingerprint density at radius 1 is 1.21 bits per heavy atom. The van der Waals surface area contributed by atoms with Crippen LogP contribution < -0.4 is 10.1 Å². The maximum absolute atomic E-state index is 9.03. The predicted molar refractivity (Wildman–Crippen MR) is 119 cm³/mol.